The van der Waals surface area contributed by atoms with E-state index in [4.69, 9.17) is 20.1 Å². The van der Waals surface area contributed by atoms with E-state index in [1.807, 2.05) is 5.43 Å². The van der Waals surface area contributed by atoms with Gasteiger partial charge in [-0.15, -0.1) is 0 Å². The van der Waals surface area contributed by atoms with Crippen molar-refractivity contribution in [3.05, 3.63) is 35.1 Å². The number of halogens is 1. The minimum atomic E-state index is -0.470. The van der Waals surface area contributed by atoms with E-state index in [0.29, 0.717) is 44.0 Å². The van der Waals surface area contributed by atoms with E-state index in [2.05, 4.69) is 0 Å². The van der Waals surface area contributed by atoms with Crippen LogP contribution in [0.4, 0.5) is 4.39 Å². The van der Waals surface area contributed by atoms with Crippen molar-refractivity contribution in [2.24, 2.45) is 5.84 Å². The van der Waals surface area contributed by atoms with Crippen LogP contribution in [0.5, 0.6) is 0 Å². The van der Waals surface area contributed by atoms with Crippen molar-refractivity contribution in [3.63, 3.8) is 0 Å². The van der Waals surface area contributed by atoms with Crippen molar-refractivity contribution in [2.45, 2.75) is 13.0 Å². The third-order valence-corrected chi connectivity index (χ3v) is 2.71. The lowest BCUT2D eigenvalue weighted by molar-refractivity contribution is 0.0479. The molecule has 0 heterocycles. The van der Waals surface area contributed by atoms with Gasteiger partial charge in [0.2, 0.25) is 0 Å². The van der Waals surface area contributed by atoms with Crippen LogP contribution in [0.1, 0.15) is 22.3 Å². The number of hydrogen-bond acceptors (Lipinski definition) is 5. The molecule has 0 aliphatic heterocycles. The van der Waals surface area contributed by atoms with Gasteiger partial charge in [-0.3, -0.25) is 10.2 Å². The molecule has 1 aromatic rings. The van der Waals surface area contributed by atoms with Crippen LogP contribution in [0.2, 0.25) is 0 Å². The number of benzene rings is 1. The van der Waals surface area contributed by atoms with E-state index < -0.39 is 11.7 Å². The topological polar surface area (TPSA) is 82.8 Å². The van der Waals surface area contributed by atoms with Gasteiger partial charge in [0, 0.05) is 31.5 Å². The van der Waals surface area contributed by atoms with E-state index in [1.54, 1.807) is 7.11 Å². The number of hydrazine groups is 1. The molecule has 0 fully saturated rings. The van der Waals surface area contributed by atoms with Gasteiger partial charge < -0.3 is 14.2 Å². The van der Waals surface area contributed by atoms with Gasteiger partial charge in [0.25, 0.3) is 5.91 Å². The standard InChI is InChI=1S/C14H21FN2O4/c1-19-7-8-20-5-2-6-21-10-12-9-11(14(18)17-16)3-4-13(12)15/h3-4,9H,2,5-8,10,16H2,1H3,(H,17,18). The molecule has 3 N–H and O–H groups in total. The van der Waals surface area contributed by atoms with E-state index in [0.717, 1.165) is 0 Å². The molecule has 1 rings (SSSR count). The Labute approximate surface area is 123 Å². The molecule has 0 aliphatic rings. The normalized spacial score (nSPS) is 10.6. The zero-order valence-corrected chi connectivity index (χ0v) is 12.1. The Hall–Kier alpha value is -1.54. The zero-order valence-electron chi connectivity index (χ0n) is 12.1. The van der Waals surface area contributed by atoms with E-state index in [9.17, 15) is 9.18 Å². The lowest BCUT2D eigenvalue weighted by atomic mass is 10.1. The molecule has 0 atom stereocenters. The molecule has 0 aliphatic carbocycles. The highest BCUT2D eigenvalue weighted by molar-refractivity contribution is 5.93. The van der Waals surface area contributed by atoms with Crippen LogP contribution in [-0.4, -0.2) is 39.4 Å². The van der Waals surface area contributed by atoms with Crippen LogP contribution in [-0.2, 0) is 20.8 Å². The third kappa shape index (κ3) is 6.63. The summed E-state index contributed by atoms with van der Waals surface area (Å²) >= 11 is 0. The Balaban J connectivity index is 2.29. The van der Waals surface area contributed by atoms with Gasteiger partial charge in [-0.2, -0.15) is 0 Å². The quantitative estimate of drug-likeness (QED) is 0.291. The van der Waals surface area contributed by atoms with Crippen molar-refractivity contribution in [3.8, 4) is 0 Å². The van der Waals surface area contributed by atoms with Crippen molar-refractivity contribution in [2.75, 3.05) is 33.5 Å². The van der Waals surface area contributed by atoms with Crippen LogP contribution in [0, 0.1) is 5.82 Å². The number of hydrogen-bond donors (Lipinski definition) is 2. The van der Waals surface area contributed by atoms with Gasteiger partial charge >= 0.3 is 0 Å². The van der Waals surface area contributed by atoms with Gasteiger partial charge in [0.15, 0.2) is 0 Å². The molecule has 6 nitrogen and oxygen atoms in total. The van der Waals surface area contributed by atoms with E-state index in [1.165, 1.54) is 18.2 Å². The molecule has 21 heavy (non-hydrogen) atoms. The first-order chi connectivity index (χ1) is 10.2. The second-order valence-electron chi connectivity index (χ2n) is 4.29. The lowest BCUT2D eigenvalue weighted by Crippen LogP contribution is -2.30. The molecule has 1 amide bonds. The maximum Gasteiger partial charge on any atom is 0.265 e. The average Bonchev–Trinajstić information content (AvgIpc) is 2.50. The maximum absolute atomic E-state index is 13.6. The number of nitrogens with one attached hydrogen (secondary N) is 1. The van der Waals surface area contributed by atoms with Gasteiger partial charge in [-0.05, 0) is 24.6 Å². The second kappa shape index (κ2) is 10.2. The minimum Gasteiger partial charge on any atom is -0.382 e. The maximum atomic E-state index is 13.6. The molecule has 0 radical (unpaired) electrons. The Morgan fingerprint density at radius 1 is 1.24 bits per heavy atom. The molecule has 0 aromatic heterocycles. The first kappa shape index (κ1) is 17.5. The number of nitrogens with two attached hydrogens (primary N) is 1. The van der Waals surface area contributed by atoms with Crippen LogP contribution < -0.4 is 11.3 Å². The fourth-order valence-electron chi connectivity index (χ4n) is 1.60. The summed E-state index contributed by atoms with van der Waals surface area (Å²) in [6.45, 7) is 2.19. The molecule has 0 bridgehead atoms. The lowest BCUT2D eigenvalue weighted by Gasteiger charge is -2.08. The Morgan fingerprint density at radius 3 is 2.71 bits per heavy atom. The van der Waals surface area contributed by atoms with Gasteiger partial charge in [-0.25, -0.2) is 10.2 Å². The number of ether oxygens (including phenoxy) is 3. The monoisotopic (exact) mass is 300 g/mol. The van der Waals surface area contributed by atoms with Gasteiger partial charge in [-0.1, -0.05) is 0 Å². The molecular formula is C14H21FN2O4. The summed E-state index contributed by atoms with van der Waals surface area (Å²) in [5.74, 6) is 4.15. The fraction of sp³-hybridized carbons (Fsp3) is 0.500. The van der Waals surface area contributed by atoms with Crippen LogP contribution in [0.25, 0.3) is 0 Å². The van der Waals surface area contributed by atoms with Crippen LogP contribution in [0.15, 0.2) is 18.2 Å². The number of nitrogen functional groups attached to an aromatic ring is 1. The molecule has 0 unspecified atom stereocenters. The predicted octanol–water partition coefficient (Wildman–Crippen LogP) is 0.999. The molecule has 0 spiro atoms. The van der Waals surface area contributed by atoms with Crippen LogP contribution in [0.3, 0.4) is 0 Å². The fourth-order valence-corrected chi connectivity index (χ4v) is 1.60. The van der Waals surface area contributed by atoms with Crippen molar-refractivity contribution in [1.82, 2.24) is 5.43 Å². The Bertz CT molecular complexity index is 443. The third-order valence-electron chi connectivity index (χ3n) is 2.71. The summed E-state index contributed by atoms with van der Waals surface area (Å²) < 4.78 is 29.0. The molecule has 1 aromatic carbocycles. The van der Waals surface area contributed by atoms with E-state index >= 15 is 0 Å². The second-order valence-corrected chi connectivity index (χ2v) is 4.29. The van der Waals surface area contributed by atoms with Gasteiger partial charge in [0.05, 0.1) is 19.8 Å². The number of methoxy groups -OCH3 is 1. The zero-order chi connectivity index (χ0) is 15.5. The van der Waals surface area contributed by atoms with Crippen molar-refractivity contribution < 1.29 is 23.4 Å². The number of carbonyl (C=O) groups is 1. The number of carbonyl (C=O) groups excluding carboxylic acids is 1. The molecular weight excluding hydrogens is 279 g/mol. The van der Waals surface area contributed by atoms with Crippen molar-refractivity contribution in [1.29, 1.82) is 0 Å². The average molecular weight is 300 g/mol. The van der Waals surface area contributed by atoms with Gasteiger partial charge in [0.1, 0.15) is 5.82 Å². The Morgan fingerprint density at radius 2 is 2.00 bits per heavy atom. The van der Waals surface area contributed by atoms with Crippen LogP contribution >= 0.6 is 0 Å². The highest BCUT2D eigenvalue weighted by Gasteiger charge is 2.08. The highest BCUT2D eigenvalue weighted by Crippen LogP contribution is 2.12. The Kier molecular flexibility index (Phi) is 8.53. The predicted molar refractivity (Wildman–Crippen MR) is 75.0 cm³/mol. The van der Waals surface area contributed by atoms with Crippen molar-refractivity contribution >= 4 is 5.91 Å². The summed E-state index contributed by atoms with van der Waals surface area (Å²) in [5, 5.41) is 0. The summed E-state index contributed by atoms with van der Waals surface area (Å²) in [6, 6.07) is 4.01. The highest BCUT2D eigenvalue weighted by atomic mass is 19.1. The smallest absolute Gasteiger partial charge is 0.265 e. The molecule has 0 saturated carbocycles. The molecule has 7 heteroatoms. The molecule has 118 valence electrons. The first-order valence-corrected chi connectivity index (χ1v) is 6.62. The summed E-state index contributed by atoms with van der Waals surface area (Å²) in [6.07, 6.45) is 0.703. The SMILES string of the molecule is COCCOCCCOCc1cc(C(=O)NN)ccc1F. The summed E-state index contributed by atoms with van der Waals surface area (Å²) in [5.41, 5.74) is 2.61. The largest absolute Gasteiger partial charge is 0.382 e. The summed E-state index contributed by atoms with van der Waals surface area (Å²) in [7, 11) is 1.61. The minimum absolute atomic E-state index is 0.0929. The van der Waals surface area contributed by atoms with E-state index in [-0.39, 0.29) is 6.61 Å². The number of rotatable bonds is 10. The first-order valence-electron chi connectivity index (χ1n) is 6.62. The molecule has 0 saturated heterocycles. The number of amides is 1. The summed E-state index contributed by atoms with van der Waals surface area (Å²) in [4.78, 5) is 11.4.